The molecule has 1 atom stereocenters. The number of aromatic nitrogens is 2. The molecule has 2 bridgehead atoms. The summed E-state index contributed by atoms with van der Waals surface area (Å²) < 4.78 is 7.21. The Balaban J connectivity index is 1.55. The Morgan fingerprint density at radius 1 is 1.31 bits per heavy atom. The van der Waals surface area contributed by atoms with Gasteiger partial charge in [0.05, 0.1) is 5.56 Å². The molecular formula is C19H23N3O3S. The Morgan fingerprint density at radius 3 is 2.69 bits per heavy atom. The smallest absolute Gasteiger partial charge is 0.339 e. The topological polar surface area (TPSA) is 64.4 Å². The molecule has 3 aliphatic heterocycles. The lowest BCUT2D eigenvalue weighted by atomic mass is 9.86. The van der Waals surface area contributed by atoms with E-state index in [1.165, 1.54) is 22.0 Å². The second kappa shape index (κ2) is 6.96. The van der Waals surface area contributed by atoms with Gasteiger partial charge in [0.2, 0.25) is 0 Å². The molecule has 0 aliphatic carbocycles. The van der Waals surface area contributed by atoms with Crippen molar-refractivity contribution < 1.29 is 9.53 Å². The van der Waals surface area contributed by atoms with Crippen LogP contribution in [-0.4, -0.2) is 46.2 Å². The van der Waals surface area contributed by atoms with Gasteiger partial charge in [-0.2, -0.15) is 0 Å². The van der Waals surface area contributed by atoms with Crippen LogP contribution in [0.2, 0.25) is 0 Å². The predicted octanol–water partition coefficient (Wildman–Crippen LogP) is 2.67. The third-order valence-corrected chi connectivity index (χ3v) is 6.59. The van der Waals surface area contributed by atoms with Crippen molar-refractivity contribution in [1.82, 2.24) is 14.5 Å². The van der Waals surface area contributed by atoms with Crippen molar-refractivity contribution in [2.45, 2.75) is 38.7 Å². The number of hydrogen-bond donors (Lipinski definition) is 0. The van der Waals surface area contributed by atoms with Crippen LogP contribution in [0.3, 0.4) is 0 Å². The summed E-state index contributed by atoms with van der Waals surface area (Å²) in [6.45, 7) is 7.20. The number of thiazole rings is 1. The maximum Gasteiger partial charge on any atom is 0.339 e. The van der Waals surface area contributed by atoms with Crippen LogP contribution in [-0.2, 0) is 4.74 Å². The highest BCUT2D eigenvalue weighted by Gasteiger charge is 2.36. The highest BCUT2D eigenvalue weighted by Crippen LogP contribution is 2.30. The first-order valence-corrected chi connectivity index (χ1v) is 9.95. The Labute approximate surface area is 156 Å². The van der Waals surface area contributed by atoms with Crippen LogP contribution in [0.15, 0.2) is 29.3 Å². The van der Waals surface area contributed by atoms with Crippen LogP contribution in [0.1, 0.15) is 47.8 Å². The zero-order valence-corrected chi connectivity index (χ0v) is 15.9. The second-order valence-corrected chi connectivity index (χ2v) is 8.45. The molecule has 0 N–H and O–H groups in total. The van der Waals surface area contributed by atoms with Crippen molar-refractivity contribution in [3.63, 3.8) is 0 Å². The van der Waals surface area contributed by atoms with Gasteiger partial charge in [-0.3, -0.25) is 14.3 Å². The van der Waals surface area contributed by atoms with E-state index in [-0.39, 0.29) is 17.6 Å². The Morgan fingerprint density at radius 2 is 2.08 bits per heavy atom. The van der Waals surface area contributed by atoms with E-state index in [9.17, 15) is 9.59 Å². The summed E-state index contributed by atoms with van der Waals surface area (Å²) in [5.41, 5.74) is 0.191. The highest BCUT2D eigenvalue weighted by molar-refractivity contribution is 7.14. The summed E-state index contributed by atoms with van der Waals surface area (Å²) in [5.74, 6) is 0.447. The van der Waals surface area contributed by atoms with E-state index in [4.69, 9.17) is 4.74 Å². The molecule has 1 unspecified atom stereocenters. The molecule has 0 radical (unpaired) electrons. The maximum atomic E-state index is 12.6. The Hall–Kier alpha value is -1.99. The largest absolute Gasteiger partial charge is 0.457 e. The molecule has 2 aromatic rings. The summed E-state index contributed by atoms with van der Waals surface area (Å²) in [6.07, 6.45) is 5.48. The first-order valence-electron chi connectivity index (χ1n) is 9.13. The molecule has 7 heteroatoms. The molecule has 2 aromatic heterocycles. The average Bonchev–Trinajstić information content (AvgIpc) is 3.13. The van der Waals surface area contributed by atoms with Crippen molar-refractivity contribution in [1.29, 1.82) is 0 Å². The van der Waals surface area contributed by atoms with Crippen LogP contribution in [0, 0.1) is 5.92 Å². The van der Waals surface area contributed by atoms with Crippen LogP contribution >= 0.6 is 11.3 Å². The summed E-state index contributed by atoms with van der Waals surface area (Å²) in [5, 5.41) is 0.580. The van der Waals surface area contributed by atoms with Crippen molar-refractivity contribution in [3.05, 3.63) is 45.3 Å². The Bertz CT molecular complexity index is 865. The van der Waals surface area contributed by atoms with Crippen LogP contribution in [0.4, 0.5) is 0 Å². The van der Waals surface area contributed by atoms with E-state index in [0.717, 1.165) is 37.4 Å². The third kappa shape index (κ3) is 3.33. The molecular weight excluding hydrogens is 350 g/mol. The van der Waals surface area contributed by atoms with E-state index >= 15 is 0 Å². The number of hydrogen-bond acceptors (Lipinski definition) is 6. The minimum Gasteiger partial charge on any atom is -0.457 e. The molecule has 0 saturated carbocycles. The third-order valence-electron chi connectivity index (χ3n) is 5.29. The van der Waals surface area contributed by atoms with Gasteiger partial charge in [0, 0.05) is 29.9 Å². The van der Waals surface area contributed by atoms with Gasteiger partial charge in [-0.05, 0) is 43.8 Å². The molecule has 0 amide bonds. The molecule has 5 rings (SSSR count). The summed E-state index contributed by atoms with van der Waals surface area (Å²) >= 11 is 1.47. The quantitative estimate of drug-likeness (QED) is 0.771. The van der Waals surface area contributed by atoms with Gasteiger partial charge in [0.25, 0.3) is 5.56 Å². The van der Waals surface area contributed by atoms with E-state index < -0.39 is 0 Å². The first kappa shape index (κ1) is 17.4. The number of pyridine rings is 1. The van der Waals surface area contributed by atoms with E-state index in [2.05, 4.69) is 23.7 Å². The van der Waals surface area contributed by atoms with Crippen molar-refractivity contribution in [2.75, 3.05) is 19.6 Å². The lowest BCUT2D eigenvalue weighted by Crippen LogP contribution is -2.51. The molecule has 3 saturated heterocycles. The van der Waals surface area contributed by atoms with E-state index in [1.54, 1.807) is 18.5 Å². The molecule has 26 heavy (non-hydrogen) atoms. The van der Waals surface area contributed by atoms with Gasteiger partial charge in [-0.25, -0.2) is 9.78 Å². The zero-order valence-electron chi connectivity index (χ0n) is 15.1. The van der Waals surface area contributed by atoms with Crippen molar-refractivity contribution in [2.24, 2.45) is 5.92 Å². The van der Waals surface area contributed by atoms with Gasteiger partial charge >= 0.3 is 5.97 Å². The number of esters is 1. The Kier molecular flexibility index (Phi) is 4.67. The second-order valence-electron chi connectivity index (χ2n) is 7.41. The fraction of sp³-hybridized carbons (Fsp3) is 0.526. The lowest BCUT2D eigenvalue weighted by Gasteiger charge is -2.43. The van der Waals surface area contributed by atoms with Gasteiger partial charge < -0.3 is 4.74 Å². The van der Waals surface area contributed by atoms with Crippen LogP contribution < -0.4 is 5.56 Å². The SMILES string of the molecule is CC(C)c1cnc(-n2cc(C(=O)OC3CN4CCC3CC4)ccc2=O)s1. The number of carbonyl (C=O) groups is 1. The molecule has 138 valence electrons. The molecule has 3 aliphatic rings. The number of fused-ring (bicyclic) bond motifs is 3. The number of rotatable bonds is 4. The van der Waals surface area contributed by atoms with Crippen molar-refractivity contribution >= 4 is 17.3 Å². The number of ether oxygens (including phenoxy) is 1. The highest BCUT2D eigenvalue weighted by atomic mass is 32.1. The van der Waals surface area contributed by atoms with Gasteiger partial charge in [0.1, 0.15) is 6.10 Å². The molecule has 6 nitrogen and oxygen atoms in total. The molecule has 5 heterocycles. The fourth-order valence-electron chi connectivity index (χ4n) is 3.66. The van der Waals surface area contributed by atoms with Crippen LogP contribution in [0.5, 0.6) is 0 Å². The van der Waals surface area contributed by atoms with Gasteiger partial charge in [0.15, 0.2) is 5.13 Å². The predicted molar refractivity (Wildman–Crippen MR) is 100 cm³/mol. The fourth-order valence-corrected chi connectivity index (χ4v) is 4.56. The number of piperidine rings is 3. The summed E-state index contributed by atoms with van der Waals surface area (Å²) in [7, 11) is 0. The molecule has 0 spiro atoms. The summed E-state index contributed by atoms with van der Waals surface area (Å²) in [6, 6.07) is 2.95. The minimum absolute atomic E-state index is 0.0437. The standard InChI is InChI=1S/C19H23N3O3S/c1-12(2)16-9-20-19(26-16)22-10-14(3-4-17(22)23)18(24)25-15-11-21-7-5-13(15)6-8-21/h3-4,9-10,12-13,15H,5-8,11H2,1-2H3. The maximum absolute atomic E-state index is 12.6. The monoisotopic (exact) mass is 373 g/mol. The van der Waals surface area contributed by atoms with Gasteiger partial charge in [-0.1, -0.05) is 13.8 Å². The molecule has 3 fully saturated rings. The normalized spacial score (nSPS) is 24.8. The van der Waals surface area contributed by atoms with Crippen LogP contribution in [0.25, 0.3) is 5.13 Å². The van der Waals surface area contributed by atoms with E-state index in [1.807, 2.05) is 0 Å². The summed E-state index contributed by atoms with van der Waals surface area (Å²) in [4.78, 5) is 32.7. The molecule has 0 aromatic carbocycles. The zero-order chi connectivity index (χ0) is 18.3. The van der Waals surface area contributed by atoms with E-state index in [0.29, 0.717) is 22.5 Å². The number of carbonyl (C=O) groups excluding carboxylic acids is 1. The number of nitrogens with zero attached hydrogens (tertiary/aromatic N) is 3. The average molecular weight is 373 g/mol. The van der Waals surface area contributed by atoms with Crippen molar-refractivity contribution in [3.8, 4) is 5.13 Å². The lowest BCUT2D eigenvalue weighted by molar-refractivity contribution is -0.0456. The minimum atomic E-state index is -0.363. The van der Waals surface area contributed by atoms with Gasteiger partial charge in [-0.15, -0.1) is 11.3 Å². The first-order chi connectivity index (χ1) is 12.5.